The lowest BCUT2D eigenvalue weighted by atomic mass is 9.91. The molecule has 0 radical (unpaired) electrons. The number of rotatable bonds is 8. The van der Waals surface area contributed by atoms with Gasteiger partial charge in [-0.25, -0.2) is 9.37 Å². The molecule has 234 valence electrons. The number of nitrogens with zero attached hydrogens (tertiary/aromatic N) is 3. The number of hydrogen-bond acceptors (Lipinski definition) is 7. The highest BCUT2D eigenvalue weighted by molar-refractivity contribution is 7.51. The maximum atomic E-state index is 14.2. The zero-order valence-corrected chi connectivity index (χ0v) is 25.8. The van der Waals surface area contributed by atoms with Crippen LogP contribution in [0.4, 0.5) is 4.39 Å². The second-order valence-corrected chi connectivity index (χ2v) is 14.3. The number of halogens is 1. The summed E-state index contributed by atoms with van der Waals surface area (Å²) in [7, 11) is -4.97. The molecule has 0 aliphatic carbocycles. The number of aromatic nitrogens is 1. The Hall–Kier alpha value is -3.38. The fourth-order valence-corrected chi connectivity index (χ4v) is 7.96. The van der Waals surface area contributed by atoms with Crippen LogP contribution >= 0.6 is 18.9 Å². The van der Waals surface area contributed by atoms with Gasteiger partial charge in [0.25, 0.3) is 5.91 Å². The number of nitrogens with one attached hydrogen (secondary N) is 1. The molecule has 3 aliphatic heterocycles. The molecule has 14 heteroatoms. The van der Waals surface area contributed by atoms with E-state index in [-0.39, 0.29) is 29.3 Å². The summed E-state index contributed by atoms with van der Waals surface area (Å²) in [5.41, 5.74) is 0.893. The van der Waals surface area contributed by atoms with Gasteiger partial charge < -0.3 is 29.6 Å². The summed E-state index contributed by atoms with van der Waals surface area (Å²) in [5.74, 6) is -2.50. The Bertz CT molecular complexity index is 1640. The predicted octanol–water partition coefficient (Wildman–Crippen LogP) is 4.11. The van der Waals surface area contributed by atoms with Gasteiger partial charge in [0.1, 0.15) is 12.1 Å². The molecule has 3 amide bonds. The van der Waals surface area contributed by atoms with Crippen molar-refractivity contribution >= 4 is 46.7 Å². The van der Waals surface area contributed by atoms with Crippen molar-refractivity contribution in [2.24, 2.45) is 0 Å². The minimum Gasteiger partial charge on any atom is -0.478 e. The summed E-state index contributed by atoms with van der Waals surface area (Å²) >= 11 is 1.14. The van der Waals surface area contributed by atoms with Crippen LogP contribution in [0.5, 0.6) is 5.88 Å². The van der Waals surface area contributed by atoms with Crippen LogP contribution in [0.25, 0.3) is 10.1 Å². The van der Waals surface area contributed by atoms with Crippen LogP contribution in [0, 0.1) is 0 Å². The van der Waals surface area contributed by atoms with Crippen LogP contribution in [0.3, 0.4) is 0 Å². The van der Waals surface area contributed by atoms with E-state index < -0.39 is 31.5 Å². The van der Waals surface area contributed by atoms with Gasteiger partial charge in [-0.3, -0.25) is 18.9 Å². The van der Waals surface area contributed by atoms with Crippen molar-refractivity contribution in [3.63, 3.8) is 0 Å². The van der Waals surface area contributed by atoms with E-state index in [1.807, 2.05) is 19.1 Å². The maximum Gasteiger partial charge on any atom is 0.363 e. The number of likely N-dealkylation sites (tertiary alicyclic amines) is 1. The molecule has 44 heavy (non-hydrogen) atoms. The van der Waals surface area contributed by atoms with E-state index in [2.05, 4.69) is 10.3 Å². The summed E-state index contributed by atoms with van der Waals surface area (Å²) in [5, 5.41) is 3.33. The van der Waals surface area contributed by atoms with Crippen molar-refractivity contribution in [1.29, 1.82) is 0 Å². The Morgan fingerprint density at radius 2 is 1.95 bits per heavy atom. The average molecular weight is 645 g/mol. The van der Waals surface area contributed by atoms with Gasteiger partial charge in [0.15, 0.2) is 0 Å². The van der Waals surface area contributed by atoms with Crippen molar-refractivity contribution in [2.75, 3.05) is 19.7 Å². The smallest absolute Gasteiger partial charge is 0.363 e. The Balaban J connectivity index is 1.12. The molecule has 5 heterocycles. The number of benzene rings is 1. The molecule has 0 saturated carbocycles. The molecule has 2 aromatic heterocycles. The van der Waals surface area contributed by atoms with E-state index in [4.69, 9.17) is 4.74 Å². The summed E-state index contributed by atoms with van der Waals surface area (Å²) < 4.78 is 31.7. The van der Waals surface area contributed by atoms with E-state index >= 15 is 0 Å². The number of amides is 3. The summed E-state index contributed by atoms with van der Waals surface area (Å²) in [6, 6.07) is 8.10. The predicted molar refractivity (Wildman–Crippen MR) is 161 cm³/mol. The third kappa shape index (κ3) is 5.98. The second-order valence-electron chi connectivity index (χ2n) is 11.6. The Morgan fingerprint density at radius 3 is 2.70 bits per heavy atom. The highest BCUT2D eigenvalue weighted by Crippen LogP contribution is 2.53. The number of fused-ring (bicyclic) bond motifs is 2. The number of carbonyl (C=O) groups excluding carboxylic acids is 3. The van der Waals surface area contributed by atoms with Gasteiger partial charge in [-0.05, 0) is 79.8 Å². The molecule has 1 aromatic carbocycles. The summed E-state index contributed by atoms with van der Waals surface area (Å²) in [4.78, 5) is 67.1. The van der Waals surface area contributed by atoms with Crippen molar-refractivity contribution in [3.8, 4) is 5.88 Å². The third-order valence-corrected chi connectivity index (χ3v) is 10.7. The van der Waals surface area contributed by atoms with E-state index in [1.54, 1.807) is 16.0 Å². The van der Waals surface area contributed by atoms with E-state index in [1.165, 1.54) is 24.3 Å². The molecule has 0 spiro atoms. The SMILES string of the molecule is CCOc1cc(C2CN(C(=O)[C@@H]3CC[C@@H]4CCC[C@H](NC(=O)c5cc6cc([C@@H](F)P(=O)(O)O)ccc6s5)C(=O)N43)C2)ccn1. The number of pyridine rings is 1. The topological polar surface area (TPSA) is 149 Å². The fourth-order valence-electron chi connectivity index (χ4n) is 6.47. The molecule has 3 aliphatic rings. The number of ether oxygens (including phenoxy) is 1. The standard InChI is InChI=1S/C30H34FN4O7PS/c1-2-42-26-14-17(10-11-32-26)20-15-34(16-20)30(38)23-8-7-21-4-3-5-22(29(37)35(21)23)33-28(36)25-13-19-12-18(6-9-24(19)44-25)27(31)43(39,40)41/h6,9-14,20-23,27H,2-5,7-8,15-16H2,1H3,(H,33,36)(H2,39,40,41)/t21-,22-,23-,27-/m0/s1. The molecule has 6 rings (SSSR count). The molecule has 0 unspecified atom stereocenters. The van der Waals surface area contributed by atoms with Crippen molar-refractivity contribution in [2.45, 2.75) is 69.0 Å². The first-order valence-electron chi connectivity index (χ1n) is 14.8. The van der Waals surface area contributed by atoms with Crippen LogP contribution in [-0.4, -0.2) is 80.1 Å². The molecule has 3 aromatic rings. The largest absolute Gasteiger partial charge is 0.478 e. The van der Waals surface area contributed by atoms with Gasteiger partial charge in [0, 0.05) is 42.0 Å². The van der Waals surface area contributed by atoms with Gasteiger partial charge in [-0.15, -0.1) is 11.3 Å². The maximum absolute atomic E-state index is 14.2. The van der Waals surface area contributed by atoms with Gasteiger partial charge in [0.2, 0.25) is 23.6 Å². The van der Waals surface area contributed by atoms with Crippen LogP contribution in [-0.2, 0) is 14.2 Å². The minimum absolute atomic E-state index is 0.0465. The number of hydrogen-bond donors (Lipinski definition) is 3. The Morgan fingerprint density at radius 1 is 1.16 bits per heavy atom. The van der Waals surface area contributed by atoms with Gasteiger partial charge in [-0.2, -0.15) is 0 Å². The van der Waals surface area contributed by atoms with Crippen LogP contribution in [0.2, 0.25) is 0 Å². The highest BCUT2D eigenvalue weighted by atomic mass is 32.1. The lowest BCUT2D eigenvalue weighted by molar-refractivity contribution is -0.148. The monoisotopic (exact) mass is 644 g/mol. The zero-order chi connectivity index (χ0) is 31.2. The first-order chi connectivity index (χ1) is 21.0. The fraction of sp³-hybridized carbons (Fsp3) is 0.467. The number of alkyl halides is 1. The van der Waals surface area contributed by atoms with Crippen LogP contribution < -0.4 is 10.1 Å². The normalized spacial score (nSPS) is 23.2. The van der Waals surface area contributed by atoms with Crippen LogP contribution in [0.15, 0.2) is 42.6 Å². The minimum atomic E-state index is -4.97. The van der Waals surface area contributed by atoms with E-state index in [0.717, 1.165) is 36.2 Å². The number of carbonyl (C=O) groups is 3. The zero-order valence-electron chi connectivity index (χ0n) is 24.1. The molecule has 3 fully saturated rings. The molecule has 11 nitrogen and oxygen atoms in total. The molecular formula is C30H34FN4O7PS. The Kier molecular flexibility index (Phi) is 8.49. The highest BCUT2D eigenvalue weighted by Gasteiger charge is 2.47. The number of thiophene rings is 1. The van der Waals surface area contributed by atoms with Gasteiger partial charge in [0.05, 0.1) is 11.5 Å². The molecule has 3 N–H and O–H groups in total. The first kappa shape index (κ1) is 30.6. The summed E-state index contributed by atoms with van der Waals surface area (Å²) in [6.07, 6.45) is 4.98. The molecular weight excluding hydrogens is 610 g/mol. The second kappa shape index (κ2) is 12.2. The quantitative estimate of drug-likeness (QED) is 0.310. The molecule has 0 bridgehead atoms. The first-order valence-corrected chi connectivity index (χ1v) is 17.3. The lowest BCUT2D eigenvalue weighted by Gasteiger charge is -2.42. The van der Waals surface area contributed by atoms with E-state index in [0.29, 0.717) is 53.4 Å². The third-order valence-electron chi connectivity index (χ3n) is 8.73. The Labute approximate surface area is 257 Å². The van der Waals surface area contributed by atoms with Crippen LogP contribution in [0.1, 0.15) is 71.7 Å². The van der Waals surface area contributed by atoms with E-state index in [9.17, 15) is 33.1 Å². The average Bonchev–Trinajstić information content (AvgIpc) is 3.55. The van der Waals surface area contributed by atoms with Crippen molar-refractivity contribution < 1.29 is 37.9 Å². The van der Waals surface area contributed by atoms with Crippen molar-refractivity contribution in [3.05, 3.63) is 58.6 Å². The molecule has 4 atom stereocenters. The van der Waals surface area contributed by atoms with Crippen molar-refractivity contribution in [1.82, 2.24) is 20.1 Å². The summed E-state index contributed by atoms with van der Waals surface area (Å²) in [6.45, 7) is 3.54. The van der Waals surface area contributed by atoms with Gasteiger partial charge >= 0.3 is 7.60 Å². The lowest BCUT2D eigenvalue weighted by Crippen LogP contribution is -2.58. The molecule has 3 saturated heterocycles. The van der Waals surface area contributed by atoms with Gasteiger partial charge in [-0.1, -0.05) is 6.07 Å².